The van der Waals surface area contributed by atoms with Gasteiger partial charge in [0.25, 0.3) is 5.91 Å². The maximum Gasteiger partial charge on any atom is 0.345 e. The highest BCUT2D eigenvalue weighted by Gasteiger charge is 2.40. The summed E-state index contributed by atoms with van der Waals surface area (Å²) in [7, 11) is 1.58. The van der Waals surface area contributed by atoms with Crippen LogP contribution < -0.4 is 10.9 Å². The Hall–Kier alpha value is -6.08. The Balaban J connectivity index is 1.01. The molecule has 0 saturated carbocycles. The zero-order valence-corrected chi connectivity index (χ0v) is 29.0. The molecule has 1 aromatic heterocycles. The third-order valence-corrected chi connectivity index (χ3v) is 9.57. The molecule has 272 valence electrons. The Morgan fingerprint density at radius 3 is 2.38 bits per heavy atom. The molecule has 6 rings (SSSR count). The lowest BCUT2D eigenvalue weighted by Crippen LogP contribution is -2.42. The van der Waals surface area contributed by atoms with E-state index in [0.717, 1.165) is 16.7 Å². The number of pyridine rings is 1. The van der Waals surface area contributed by atoms with E-state index in [4.69, 9.17) is 0 Å². The average Bonchev–Trinajstić information content (AvgIpc) is 3.18. The topological polar surface area (TPSA) is 183 Å². The molecule has 53 heavy (non-hydrogen) atoms. The summed E-state index contributed by atoms with van der Waals surface area (Å²) in [5.74, 6) is -1.97. The number of phenols is 1. The summed E-state index contributed by atoms with van der Waals surface area (Å²) >= 11 is 0. The van der Waals surface area contributed by atoms with Crippen molar-refractivity contribution in [2.45, 2.75) is 24.7 Å². The molecule has 1 aliphatic rings. The van der Waals surface area contributed by atoms with Crippen molar-refractivity contribution >= 4 is 34.3 Å². The van der Waals surface area contributed by atoms with Crippen LogP contribution in [0.15, 0.2) is 114 Å². The average molecular weight is 717 g/mol. The molecule has 4 aromatic carbocycles. The molecule has 12 nitrogen and oxygen atoms in total. The monoisotopic (exact) mass is 716 g/mol. The highest BCUT2D eigenvalue weighted by molar-refractivity contribution is 5.96. The molecule has 2 amide bonds. The van der Waals surface area contributed by atoms with Crippen LogP contribution in [0.3, 0.4) is 0 Å². The van der Waals surface area contributed by atoms with Crippen LogP contribution in [0, 0.1) is 0 Å². The highest BCUT2D eigenvalue weighted by atomic mass is 16.4. The zero-order valence-electron chi connectivity index (χ0n) is 29.0. The maximum absolute atomic E-state index is 13.2. The van der Waals surface area contributed by atoms with E-state index in [2.05, 4.69) is 10.3 Å². The standard InChI is InChI=1S/C41H40N4O8/c1-44(39(50)28-12-10-26(11-13-28)23-42-24-35(47)32-14-16-34(46)38-33(32)15-17-36(48)43-38)25-37(49)45-20-18-27(19-21-45)29-6-5-9-31(22-29)41(53,40(51)52)30-7-3-2-4-8-30/h2-18,22,35,42,46-47,53H,19-21,23-25H2,1H3,(H,43,48)(H,51,52). The van der Waals surface area contributed by atoms with Gasteiger partial charge >= 0.3 is 5.97 Å². The number of benzene rings is 4. The lowest BCUT2D eigenvalue weighted by atomic mass is 9.84. The fourth-order valence-electron chi connectivity index (χ4n) is 6.57. The van der Waals surface area contributed by atoms with Gasteiger partial charge in [0.15, 0.2) is 0 Å². The Morgan fingerprint density at radius 2 is 1.68 bits per heavy atom. The zero-order chi connectivity index (χ0) is 37.7. The van der Waals surface area contributed by atoms with E-state index in [1.807, 2.05) is 12.1 Å². The van der Waals surface area contributed by atoms with Crippen LogP contribution in [-0.4, -0.2) is 86.2 Å². The highest BCUT2D eigenvalue weighted by Crippen LogP contribution is 2.33. The minimum absolute atomic E-state index is 0.0802. The molecule has 0 spiro atoms. The normalized spacial score (nSPS) is 14.6. The first-order valence-corrected chi connectivity index (χ1v) is 17.1. The molecule has 2 atom stereocenters. The number of aromatic nitrogens is 1. The number of carboxylic acids is 1. The summed E-state index contributed by atoms with van der Waals surface area (Å²) in [5.41, 5.74) is 1.72. The number of phenolic OH excluding ortho intramolecular Hbond substituents is 1. The summed E-state index contributed by atoms with van der Waals surface area (Å²) in [6.07, 6.45) is 1.52. The number of carbonyl (C=O) groups is 3. The first-order chi connectivity index (χ1) is 25.4. The number of carbonyl (C=O) groups excluding carboxylic acids is 2. The van der Waals surface area contributed by atoms with Gasteiger partial charge < -0.3 is 40.5 Å². The summed E-state index contributed by atoms with van der Waals surface area (Å²) in [6, 6.07) is 28.0. The van der Waals surface area contributed by atoms with Crippen LogP contribution in [0.4, 0.5) is 0 Å². The molecule has 12 heteroatoms. The van der Waals surface area contributed by atoms with Crippen LogP contribution in [-0.2, 0) is 21.7 Å². The number of nitrogens with one attached hydrogen (secondary N) is 2. The first-order valence-electron chi connectivity index (χ1n) is 17.1. The summed E-state index contributed by atoms with van der Waals surface area (Å²) in [5, 5.41) is 45.9. The number of rotatable bonds is 12. The lowest BCUT2D eigenvalue weighted by Gasteiger charge is -2.29. The van der Waals surface area contributed by atoms with Gasteiger partial charge in [-0.05, 0) is 64.6 Å². The van der Waals surface area contributed by atoms with Gasteiger partial charge in [-0.1, -0.05) is 72.8 Å². The van der Waals surface area contributed by atoms with Gasteiger partial charge in [-0.15, -0.1) is 0 Å². The second-order valence-electron chi connectivity index (χ2n) is 13.1. The van der Waals surface area contributed by atoms with E-state index in [0.29, 0.717) is 42.6 Å². The molecule has 0 aliphatic carbocycles. The van der Waals surface area contributed by atoms with Crippen LogP contribution in [0.25, 0.3) is 16.5 Å². The molecule has 2 unspecified atom stereocenters. The molecule has 0 radical (unpaired) electrons. The van der Waals surface area contributed by atoms with Crippen LogP contribution in [0.2, 0.25) is 0 Å². The van der Waals surface area contributed by atoms with Crippen molar-refractivity contribution in [2.75, 3.05) is 33.2 Å². The molecule has 2 heterocycles. The number of fused-ring (bicyclic) bond motifs is 1. The third kappa shape index (κ3) is 7.90. The van der Waals surface area contributed by atoms with Gasteiger partial charge in [0, 0.05) is 55.8 Å². The van der Waals surface area contributed by atoms with Crippen LogP contribution >= 0.6 is 0 Å². The fraction of sp³-hybridized carbons (Fsp3) is 0.220. The van der Waals surface area contributed by atoms with E-state index in [1.54, 1.807) is 96.9 Å². The predicted octanol–water partition coefficient (Wildman–Crippen LogP) is 3.77. The second-order valence-corrected chi connectivity index (χ2v) is 13.1. The van der Waals surface area contributed by atoms with Crippen molar-refractivity contribution in [3.8, 4) is 5.75 Å². The van der Waals surface area contributed by atoms with E-state index in [1.165, 1.54) is 17.0 Å². The Bertz CT molecular complexity index is 2240. The van der Waals surface area contributed by atoms with Crippen molar-refractivity contribution in [3.05, 3.63) is 153 Å². The number of hydrogen-bond acceptors (Lipinski definition) is 8. The Labute approximate surface area is 305 Å². The minimum atomic E-state index is -2.22. The number of aromatic amines is 1. The van der Waals surface area contributed by atoms with Gasteiger partial charge in [0.05, 0.1) is 18.2 Å². The van der Waals surface area contributed by atoms with Gasteiger partial charge in [0.2, 0.25) is 17.1 Å². The van der Waals surface area contributed by atoms with Gasteiger partial charge in [-0.25, -0.2) is 4.79 Å². The fourth-order valence-corrected chi connectivity index (χ4v) is 6.57. The minimum Gasteiger partial charge on any atom is -0.506 e. The smallest absolute Gasteiger partial charge is 0.345 e. The number of hydrogen-bond donors (Lipinski definition) is 6. The molecule has 6 N–H and O–H groups in total. The molecular formula is C41H40N4O8. The molecule has 0 saturated heterocycles. The number of aliphatic carboxylic acids is 1. The first kappa shape index (κ1) is 36.7. The number of aliphatic hydroxyl groups is 2. The number of carboxylic acid groups (broad SMARTS) is 1. The maximum atomic E-state index is 13.2. The summed E-state index contributed by atoms with van der Waals surface area (Å²) < 4.78 is 0. The van der Waals surface area contributed by atoms with Crippen molar-refractivity contribution < 1.29 is 34.8 Å². The number of likely N-dealkylation sites (N-methyl/N-ethyl adjacent to an activating group) is 1. The van der Waals surface area contributed by atoms with Crippen molar-refractivity contribution in [3.63, 3.8) is 0 Å². The number of H-pyrrole nitrogens is 1. The van der Waals surface area contributed by atoms with Crippen molar-refractivity contribution in [2.24, 2.45) is 0 Å². The number of aliphatic hydroxyl groups excluding tert-OH is 1. The van der Waals surface area contributed by atoms with Gasteiger partial charge in [-0.2, -0.15) is 0 Å². The molecule has 0 bridgehead atoms. The third-order valence-electron chi connectivity index (χ3n) is 9.57. The Morgan fingerprint density at radius 1 is 0.943 bits per heavy atom. The molecule has 0 fully saturated rings. The van der Waals surface area contributed by atoms with Crippen LogP contribution in [0.1, 0.15) is 50.7 Å². The second kappa shape index (κ2) is 15.7. The van der Waals surface area contributed by atoms with E-state index >= 15 is 0 Å². The van der Waals surface area contributed by atoms with E-state index < -0.39 is 17.7 Å². The number of aromatic hydroxyl groups is 1. The summed E-state index contributed by atoms with van der Waals surface area (Å²) in [6.45, 7) is 1.24. The molecule has 1 aliphatic heterocycles. The lowest BCUT2D eigenvalue weighted by molar-refractivity contribution is -0.155. The Kier molecular flexibility index (Phi) is 10.8. The van der Waals surface area contributed by atoms with Crippen molar-refractivity contribution in [1.82, 2.24) is 20.1 Å². The summed E-state index contributed by atoms with van der Waals surface area (Å²) in [4.78, 5) is 55.9. The largest absolute Gasteiger partial charge is 0.506 e. The van der Waals surface area contributed by atoms with E-state index in [9.17, 15) is 39.6 Å². The number of amides is 2. The quantitative estimate of drug-likeness (QED) is 0.112. The number of nitrogens with zero attached hydrogens (tertiary/aromatic N) is 2. The predicted molar refractivity (Wildman–Crippen MR) is 199 cm³/mol. The van der Waals surface area contributed by atoms with E-state index in [-0.39, 0.29) is 52.9 Å². The van der Waals surface area contributed by atoms with Gasteiger partial charge in [0.1, 0.15) is 5.75 Å². The SMILES string of the molecule is CN(CC(=O)N1CC=C(c2cccc(C(O)(C(=O)O)c3ccccc3)c2)CC1)C(=O)c1ccc(CNCC(O)c2ccc(O)c3[nH]c(=O)ccc23)cc1. The van der Waals surface area contributed by atoms with Gasteiger partial charge in [-0.3, -0.25) is 14.4 Å². The van der Waals surface area contributed by atoms with Crippen molar-refractivity contribution in [1.29, 1.82) is 0 Å². The van der Waals surface area contributed by atoms with Crippen LogP contribution in [0.5, 0.6) is 5.75 Å². The molecular weight excluding hydrogens is 676 g/mol. The molecule has 5 aromatic rings.